The zero-order valence-electron chi connectivity index (χ0n) is 25.8. The lowest BCUT2D eigenvalue weighted by Crippen LogP contribution is -2.16. The van der Waals surface area contributed by atoms with Crippen LogP contribution in [0.1, 0.15) is 76.0 Å². The number of carbonyl (C=O) groups is 1. The van der Waals surface area contributed by atoms with Crippen LogP contribution in [0.15, 0.2) is 126 Å². The maximum atomic E-state index is 13.0. The molecule has 0 N–H and O–H groups in total. The zero-order valence-corrected chi connectivity index (χ0v) is 27.4. The van der Waals surface area contributed by atoms with Gasteiger partial charge in [0, 0.05) is 15.8 Å². The molecule has 0 fully saturated rings. The van der Waals surface area contributed by atoms with Gasteiger partial charge in [-0.2, -0.15) is 0 Å². The Morgan fingerprint density at radius 3 is 1.84 bits per heavy atom. The number of hydrogen-bond donors (Lipinski definition) is 0. The normalized spacial score (nSPS) is 12.6. The van der Waals surface area contributed by atoms with Gasteiger partial charge < -0.3 is 4.74 Å². The lowest BCUT2D eigenvalue weighted by molar-refractivity contribution is 0.111. The van der Waals surface area contributed by atoms with E-state index in [0.717, 1.165) is 44.6 Å². The van der Waals surface area contributed by atoms with Gasteiger partial charge in [0.15, 0.2) is 6.29 Å². The molecule has 0 aromatic heterocycles. The average molecular weight is 652 g/mol. The summed E-state index contributed by atoms with van der Waals surface area (Å²) in [6.45, 7) is 7.10. The van der Waals surface area contributed by atoms with Crippen LogP contribution in [0.3, 0.4) is 0 Å². The summed E-state index contributed by atoms with van der Waals surface area (Å²) in [5.74, 6) is 0.629. The Labute approximate surface area is 273 Å². The fourth-order valence-electron chi connectivity index (χ4n) is 6.98. The summed E-state index contributed by atoms with van der Waals surface area (Å²) in [5, 5.41) is 2.13. The van der Waals surface area contributed by atoms with Crippen molar-refractivity contribution in [1.29, 1.82) is 0 Å². The van der Waals surface area contributed by atoms with E-state index >= 15 is 0 Å². The van der Waals surface area contributed by atoms with E-state index in [1.807, 2.05) is 18.2 Å². The van der Waals surface area contributed by atoms with Crippen molar-refractivity contribution >= 4 is 33.0 Å². The van der Waals surface area contributed by atoms with E-state index in [-0.39, 0.29) is 11.3 Å². The minimum absolute atomic E-state index is 0.0136. The number of hydrogen-bond acceptors (Lipinski definition) is 2. The first-order valence-electron chi connectivity index (χ1n) is 15.5. The predicted molar refractivity (Wildman–Crippen MR) is 189 cm³/mol. The van der Waals surface area contributed by atoms with Crippen molar-refractivity contribution in [2.24, 2.45) is 0 Å². The van der Waals surface area contributed by atoms with E-state index in [4.69, 9.17) is 4.74 Å². The van der Waals surface area contributed by atoms with Gasteiger partial charge in [-0.15, -0.1) is 0 Å². The van der Waals surface area contributed by atoms with E-state index in [1.165, 1.54) is 33.4 Å². The van der Waals surface area contributed by atoms with E-state index < -0.39 is 0 Å². The summed E-state index contributed by atoms with van der Waals surface area (Å²) in [4.78, 5) is 13.0. The summed E-state index contributed by atoms with van der Waals surface area (Å²) < 4.78 is 7.75. The number of carbonyl (C=O) groups excluding carboxylic acids is 1. The molecule has 0 spiro atoms. The number of fused-ring (bicyclic) bond motifs is 4. The molecule has 0 saturated heterocycles. The van der Waals surface area contributed by atoms with Crippen molar-refractivity contribution in [3.05, 3.63) is 170 Å². The molecule has 3 heteroatoms. The third kappa shape index (κ3) is 5.30. The monoisotopic (exact) mass is 650 g/mol. The lowest BCUT2D eigenvalue weighted by atomic mass is 9.77. The molecule has 0 atom stereocenters. The molecule has 45 heavy (non-hydrogen) atoms. The molecular formula is C42H35BrO2. The average Bonchev–Trinajstić information content (AvgIpc) is 3.38. The number of ether oxygens (including phenoxy) is 1. The van der Waals surface area contributed by atoms with E-state index in [1.54, 1.807) is 0 Å². The maximum Gasteiger partial charge on any atom is 0.153 e. The standard InChI is InChI=1S/C42H35BrO2/c1-42(2,3)39-38-36(23-29(40(39)43)22-27-14-6-4-7-15-27)35(24-30(25-44)41(38)45-26-28-16-8-5-9-17-28)37-33-20-12-10-18-31(33)32-19-11-13-21-34(32)37/h4-21,23-25,37H,22,26H2,1-3H3. The first kappa shape index (κ1) is 29.3. The van der Waals surface area contributed by atoms with Gasteiger partial charge in [-0.3, -0.25) is 4.79 Å². The maximum absolute atomic E-state index is 13.0. The van der Waals surface area contributed by atoms with Crippen molar-refractivity contribution in [3.8, 4) is 16.9 Å². The van der Waals surface area contributed by atoms with Crippen LogP contribution in [0.25, 0.3) is 21.9 Å². The Morgan fingerprint density at radius 2 is 1.27 bits per heavy atom. The predicted octanol–water partition coefficient (Wildman–Crippen LogP) is 11.0. The third-order valence-corrected chi connectivity index (χ3v) is 9.84. The van der Waals surface area contributed by atoms with Crippen LogP contribution in [0.5, 0.6) is 5.75 Å². The number of benzene rings is 6. The van der Waals surface area contributed by atoms with Crippen molar-refractivity contribution < 1.29 is 9.53 Å². The first-order valence-corrected chi connectivity index (χ1v) is 16.3. The second-order valence-corrected chi connectivity index (χ2v) is 13.7. The summed E-state index contributed by atoms with van der Waals surface area (Å²) in [6.07, 6.45) is 1.75. The third-order valence-electron chi connectivity index (χ3n) is 8.94. The minimum atomic E-state index is -0.251. The van der Waals surface area contributed by atoms with E-state index in [0.29, 0.717) is 17.9 Å². The molecule has 0 aliphatic heterocycles. The smallest absolute Gasteiger partial charge is 0.153 e. The van der Waals surface area contributed by atoms with Gasteiger partial charge in [0.25, 0.3) is 0 Å². The molecule has 7 rings (SSSR count). The van der Waals surface area contributed by atoms with Crippen LogP contribution in [-0.2, 0) is 18.4 Å². The van der Waals surface area contributed by atoms with Gasteiger partial charge in [0.05, 0.1) is 5.56 Å². The first-order chi connectivity index (χ1) is 21.8. The lowest BCUT2D eigenvalue weighted by Gasteiger charge is -2.29. The highest BCUT2D eigenvalue weighted by Crippen LogP contribution is 2.53. The largest absolute Gasteiger partial charge is 0.487 e. The Morgan fingerprint density at radius 1 is 0.711 bits per heavy atom. The van der Waals surface area contributed by atoms with Crippen LogP contribution in [0, 0.1) is 0 Å². The Balaban J connectivity index is 1.56. The van der Waals surface area contributed by atoms with Crippen LogP contribution in [0.4, 0.5) is 0 Å². The van der Waals surface area contributed by atoms with Gasteiger partial charge in [-0.1, -0.05) is 146 Å². The second kappa shape index (κ2) is 11.8. The van der Waals surface area contributed by atoms with Gasteiger partial charge in [-0.05, 0) is 79.4 Å². The molecule has 222 valence electrons. The van der Waals surface area contributed by atoms with Crippen LogP contribution in [0.2, 0.25) is 0 Å². The molecule has 0 radical (unpaired) electrons. The topological polar surface area (TPSA) is 26.3 Å². The minimum Gasteiger partial charge on any atom is -0.487 e. The fraction of sp³-hybridized carbons (Fsp3) is 0.167. The molecular weight excluding hydrogens is 616 g/mol. The highest BCUT2D eigenvalue weighted by Gasteiger charge is 2.34. The van der Waals surface area contributed by atoms with Gasteiger partial charge >= 0.3 is 0 Å². The number of halogens is 1. The molecule has 0 saturated carbocycles. The molecule has 1 aliphatic rings. The highest BCUT2D eigenvalue weighted by atomic mass is 79.9. The van der Waals surface area contributed by atoms with Crippen molar-refractivity contribution in [2.75, 3.05) is 0 Å². The number of rotatable bonds is 7. The Bertz CT molecular complexity index is 1990. The van der Waals surface area contributed by atoms with E-state index in [9.17, 15) is 4.79 Å². The van der Waals surface area contributed by atoms with Crippen LogP contribution in [-0.4, -0.2) is 6.29 Å². The highest BCUT2D eigenvalue weighted by molar-refractivity contribution is 9.10. The van der Waals surface area contributed by atoms with Crippen LogP contribution < -0.4 is 4.74 Å². The van der Waals surface area contributed by atoms with Gasteiger partial charge in [-0.25, -0.2) is 0 Å². The Kier molecular flexibility index (Phi) is 7.67. The van der Waals surface area contributed by atoms with Crippen LogP contribution >= 0.6 is 15.9 Å². The zero-order chi connectivity index (χ0) is 31.1. The Hall–Kier alpha value is -4.47. The molecule has 1 aliphatic carbocycles. The molecule has 0 heterocycles. The van der Waals surface area contributed by atoms with Crippen molar-refractivity contribution in [1.82, 2.24) is 0 Å². The molecule has 0 bridgehead atoms. The van der Waals surface area contributed by atoms with Gasteiger partial charge in [0.1, 0.15) is 12.4 Å². The quantitative estimate of drug-likeness (QED) is 0.160. The summed E-state index contributed by atoms with van der Waals surface area (Å²) in [7, 11) is 0. The molecule has 0 unspecified atom stereocenters. The number of aldehydes is 1. The molecule has 0 amide bonds. The summed E-state index contributed by atoms with van der Waals surface area (Å²) in [5.41, 5.74) is 11.2. The fourth-order valence-corrected chi connectivity index (χ4v) is 8.03. The molecule has 6 aromatic rings. The van der Waals surface area contributed by atoms with E-state index in [2.05, 4.69) is 140 Å². The SMILES string of the molecule is CC(C)(C)c1c(Br)c(Cc2ccccc2)cc2c(C3c4ccccc4-c4ccccc43)cc(C=O)c(OCc3ccccc3)c12. The van der Waals surface area contributed by atoms with Crippen molar-refractivity contribution in [2.45, 2.75) is 45.1 Å². The van der Waals surface area contributed by atoms with Crippen molar-refractivity contribution in [3.63, 3.8) is 0 Å². The van der Waals surface area contributed by atoms with Gasteiger partial charge in [0.2, 0.25) is 0 Å². The second-order valence-electron chi connectivity index (χ2n) is 12.9. The summed E-state index contributed by atoms with van der Waals surface area (Å²) >= 11 is 4.09. The molecule has 2 nitrogen and oxygen atoms in total. The summed E-state index contributed by atoms with van der Waals surface area (Å²) in [6, 6.07) is 42.6. The molecule has 6 aromatic carbocycles.